The molecule has 150 valence electrons. The highest BCUT2D eigenvalue weighted by Gasteiger charge is 2.28. The average Bonchev–Trinajstić information content (AvgIpc) is 3.25. The highest BCUT2D eigenvalue weighted by atomic mass is 32.2. The van der Waals surface area contributed by atoms with Crippen LogP contribution in [-0.2, 0) is 21.4 Å². The zero-order valence-electron chi connectivity index (χ0n) is 15.8. The molecule has 1 saturated heterocycles. The number of nitrogens with one attached hydrogen (secondary N) is 1. The van der Waals surface area contributed by atoms with E-state index in [-0.39, 0.29) is 10.8 Å². The van der Waals surface area contributed by atoms with Crippen LogP contribution in [0.1, 0.15) is 29.7 Å². The summed E-state index contributed by atoms with van der Waals surface area (Å²) in [6.45, 7) is 1.52. The van der Waals surface area contributed by atoms with Gasteiger partial charge in [0.1, 0.15) is 10.6 Å². The number of piperidine rings is 1. The molecule has 0 aliphatic carbocycles. The number of nitrogens with zero attached hydrogens (tertiary/aromatic N) is 1. The summed E-state index contributed by atoms with van der Waals surface area (Å²) in [5, 5.41) is 4.77. The largest absolute Gasteiger partial charge is 0.495 e. The first-order valence-electron chi connectivity index (χ1n) is 9.17. The second-order valence-electron chi connectivity index (χ2n) is 6.51. The van der Waals surface area contributed by atoms with E-state index in [9.17, 15) is 13.2 Å². The molecule has 1 aliphatic rings. The number of hydrogen-bond acceptors (Lipinski definition) is 5. The van der Waals surface area contributed by atoms with Crippen molar-refractivity contribution >= 4 is 33.3 Å². The maximum atomic E-state index is 13.0. The van der Waals surface area contributed by atoms with Crippen molar-refractivity contribution in [1.82, 2.24) is 9.62 Å². The minimum Gasteiger partial charge on any atom is -0.495 e. The molecule has 1 N–H and O–H groups in total. The standard InChI is InChI=1S/C20H24N2O4S2/c1-26-18-9-7-16(8-10-20(23)21-15-17-6-5-13-27-17)14-19(18)28(24,25)22-11-3-2-4-12-22/h5-10,13-14H,2-4,11-12,15H2,1H3,(H,21,23). The predicted octanol–water partition coefficient (Wildman–Crippen LogP) is 3.26. The molecule has 1 amide bonds. The average molecular weight is 421 g/mol. The van der Waals surface area contributed by atoms with Crippen LogP contribution in [0.4, 0.5) is 0 Å². The van der Waals surface area contributed by atoms with Crippen molar-refractivity contribution in [2.45, 2.75) is 30.7 Å². The van der Waals surface area contributed by atoms with Crippen molar-refractivity contribution in [3.05, 3.63) is 52.2 Å². The molecule has 0 radical (unpaired) electrons. The van der Waals surface area contributed by atoms with Gasteiger partial charge < -0.3 is 10.1 Å². The summed E-state index contributed by atoms with van der Waals surface area (Å²) in [6, 6.07) is 8.81. The molecule has 0 spiro atoms. The van der Waals surface area contributed by atoms with E-state index in [1.54, 1.807) is 35.6 Å². The zero-order chi connectivity index (χ0) is 20.0. The van der Waals surface area contributed by atoms with Gasteiger partial charge in [-0.05, 0) is 48.1 Å². The number of methoxy groups -OCH3 is 1. The van der Waals surface area contributed by atoms with E-state index in [0.717, 1.165) is 24.1 Å². The molecule has 1 aromatic carbocycles. The number of rotatable bonds is 7. The van der Waals surface area contributed by atoms with E-state index in [1.165, 1.54) is 17.5 Å². The lowest BCUT2D eigenvalue weighted by Crippen LogP contribution is -2.35. The Balaban J connectivity index is 1.75. The summed E-state index contributed by atoms with van der Waals surface area (Å²) in [5.41, 5.74) is 0.627. The first kappa shape index (κ1) is 20.6. The van der Waals surface area contributed by atoms with Crippen molar-refractivity contribution in [3.63, 3.8) is 0 Å². The lowest BCUT2D eigenvalue weighted by molar-refractivity contribution is -0.116. The van der Waals surface area contributed by atoms with Gasteiger partial charge in [-0.1, -0.05) is 18.6 Å². The van der Waals surface area contributed by atoms with Gasteiger partial charge in [-0.3, -0.25) is 4.79 Å². The second kappa shape index (κ2) is 9.36. The summed E-state index contributed by atoms with van der Waals surface area (Å²) in [7, 11) is -2.17. The van der Waals surface area contributed by atoms with Gasteiger partial charge in [-0.25, -0.2) is 8.42 Å². The lowest BCUT2D eigenvalue weighted by Gasteiger charge is -2.26. The van der Waals surface area contributed by atoms with Gasteiger partial charge in [0.2, 0.25) is 15.9 Å². The molecule has 1 aromatic heterocycles. The van der Waals surface area contributed by atoms with Crippen LogP contribution in [0.5, 0.6) is 5.75 Å². The van der Waals surface area contributed by atoms with Crippen LogP contribution in [0, 0.1) is 0 Å². The Labute approximate surface area is 169 Å². The van der Waals surface area contributed by atoms with E-state index < -0.39 is 10.0 Å². The SMILES string of the molecule is COc1ccc(C=CC(=O)NCc2cccs2)cc1S(=O)(=O)N1CCCCC1. The molecule has 6 nitrogen and oxygen atoms in total. The van der Waals surface area contributed by atoms with E-state index in [2.05, 4.69) is 5.32 Å². The van der Waals surface area contributed by atoms with Gasteiger partial charge >= 0.3 is 0 Å². The van der Waals surface area contributed by atoms with Gasteiger partial charge in [0.25, 0.3) is 0 Å². The van der Waals surface area contributed by atoms with Crippen LogP contribution in [-0.4, -0.2) is 38.8 Å². The number of ether oxygens (including phenoxy) is 1. The van der Waals surface area contributed by atoms with E-state index in [1.807, 2.05) is 17.5 Å². The summed E-state index contributed by atoms with van der Waals surface area (Å²) in [6.07, 6.45) is 5.80. The van der Waals surface area contributed by atoms with Crippen molar-refractivity contribution in [2.75, 3.05) is 20.2 Å². The van der Waals surface area contributed by atoms with Crippen molar-refractivity contribution < 1.29 is 17.9 Å². The molecule has 0 saturated carbocycles. The number of carbonyl (C=O) groups is 1. The molecule has 2 aromatic rings. The molecule has 28 heavy (non-hydrogen) atoms. The third-order valence-electron chi connectivity index (χ3n) is 4.56. The normalized spacial score (nSPS) is 15.6. The Hall–Kier alpha value is -2.16. The Morgan fingerprint density at radius 1 is 1.25 bits per heavy atom. The molecule has 0 atom stereocenters. The monoisotopic (exact) mass is 420 g/mol. The number of sulfonamides is 1. The molecule has 2 heterocycles. The van der Waals surface area contributed by atoms with E-state index >= 15 is 0 Å². The molecule has 0 bridgehead atoms. The van der Waals surface area contributed by atoms with Crippen molar-refractivity contribution in [1.29, 1.82) is 0 Å². The van der Waals surface area contributed by atoms with E-state index in [4.69, 9.17) is 4.74 Å². The Morgan fingerprint density at radius 2 is 2.04 bits per heavy atom. The molecule has 8 heteroatoms. The van der Waals surface area contributed by atoms with Gasteiger partial charge in [-0.2, -0.15) is 4.31 Å². The van der Waals surface area contributed by atoms with Crippen LogP contribution in [0.25, 0.3) is 6.08 Å². The first-order valence-corrected chi connectivity index (χ1v) is 11.5. The van der Waals surface area contributed by atoms with Crippen molar-refractivity contribution in [2.24, 2.45) is 0 Å². The number of hydrogen-bond donors (Lipinski definition) is 1. The number of amides is 1. The van der Waals surface area contributed by atoms with Crippen LogP contribution >= 0.6 is 11.3 Å². The maximum Gasteiger partial charge on any atom is 0.246 e. The number of thiophene rings is 1. The van der Waals surface area contributed by atoms with Gasteiger partial charge in [-0.15, -0.1) is 11.3 Å². The first-order chi connectivity index (χ1) is 13.5. The third kappa shape index (κ3) is 5.01. The second-order valence-corrected chi connectivity index (χ2v) is 9.44. The zero-order valence-corrected chi connectivity index (χ0v) is 17.4. The minimum absolute atomic E-state index is 0.137. The van der Waals surface area contributed by atoms with Crippen LogP contribution in [0.2, 0.25) is 0 Å². The van der Waals surface area contributed by atoms with Crippen LogP contribution in [0.3, 0.4) is 0 Å². The summed E-state index contributed by atoms with van der Waals surface area (Å²) in [5.74, 6) is 0.0783. The Bertz CT molecular complexity index is 931. The topological polar surface area (TPSA) is 75.7 Å². The van der Waals surface area contributed by atoms with Gasteiger partial charge in [0.05, 0.1) is 13.7 Å². The minimum atomic E-state index is -3.63. The molecular formula is C20H24N2O4S2. The summed E-state index contributed by atoms with van der Waals surface area (Å²) >= 11 is 1.58. The maximum absolute atomic E-state index is 13.0. The predicted molar refractivity (Wildman–Crippen MR) is 111 cm³/mol. The highest BCUT2D eigenvalue weighted by Crippen LogP contribution is 2.29. The molecular weight excluding hydrogens is 396 g/mol. The quantitative estimate of drug-likeness (QED) is 0.698. The Kier molecular flexibility index (Phi) is 6.88. The van der Waals surface area contributed by atoms with Gasteiger partial charge in [0, 0.05) is 24.0 Å². The number of carbonyl (C=O) groups excluding carboxylic acids is 1. The molecule has 0 unspecified atom stereocenters. The van der Waals surface area contributed by atoms with Crippen LogP contribution in [0.15, 0.2) is 46.7 Å². The highest BCUT2D eigenvalue weighted by molar-refractivity contribution is 7.89. The fourth-order valence-electron chi connectivity index (χ4n) is 3.06. The lowest BCUT2D eigenvalue weighted by atomic mass is 10.2. The van der Waals surface area contributed by atoms with Crippen LogP contribution < -0.4 is 10.1 Å². The fourth-order valence-corrected chi connectivity index (χ4v) is 5.41. The third-order valence-corrected chi connectivity index (χ3v) is 7.36. The number of benzene rings is 1. The van der Waals surface area contributed by atoms with Crippen molar-refractivity contribution in [3.8, 4) is 5.75 Å². The van der Waals surface area contributed by atoms with E-state index in [0.29, 0.717) is 30.9 Å². The van der Waals surface area contributed by atoms with Gasteiger partial charge in [0.15, 0.2) is 0 Å². The summed E-state index contributed by atoms with van der Waals surface area (Å²) in [4.78, 5) is 13.2. The molecule has 1 fully saturated rings. The summed E-state index contributed by atoms with van der Waals surface area (Å²) < 4.78 is 32.9. The molecule has 3 rings (SSSR count). The Morgan fingerprint density at radius 3 is 2.71 bits per heavy atom. The fraction of sp³-hybridized carbons (Fsp3) is 0.350. The molecule has 1 aliphatic heterocycles. The smallest absolute Gasteiger partial charge is 0.246 e.